The lowest BCUT2D eigenvalue weighted by Crippen LogP contribution is -2.30. The van der Waals surface area contributed by atoms with Crippen molar-refractivity contribution in [2.24, 2.45) is 0 Å². The Bertz CT molecular complexity index is 1020. The van der Waals surface area contributed by atoms with Crippen molar-refractivity contribution in [3.8, 4) is 5.75 Å². The van der Waals surface area contributed by atoms with E-state index in [1.54, 1.807) is 0 Å². The van der Waals surface area contributed by atoms with Crippen LogP contribution in [-0.4, -0.2) is 44.9 Å². The Morgan fingerprint density at radius 3 is 2.35 bits per heavy atom. The van der Waals surface area contributed by atoms with Gasteiger partial charge < -0.3 is 10.1 Å². The van der Waals surface area contributed by atoms with Crippen LogP contribution in [0.5, 0.6) is 5.75 Å². The highest BCUT2D eigenvalue weighted by Gasteiger charge is 2.29. The SMILES string of the molecule is CC(C)(C)c1ccc(OCCNC(=O)c2ccc(Cl)c(S(=O)(=O)N3CCCC3)c2)cc1. The van der Waals surface area contributed by atoms with Gasteiger partial charge in [0.2, 0.25) is 10.0 Å². The van der Waals surface area contributed by atoms with Gasteiger partial charge >= 0.3 is 0 Å². The number of nitrogens with zero attached hydrogens (tertiary/aromatic N) is 1. The van der Waals surface area contributed by atoms with Crippen LogP contribution in [0.3, 0.4) is 0 Å². The summed E-state index contributed by atoms with van der Waals surface area (Å²) in [5.41, 5.74) is 1.54. The predicted molar refractivity (Wildman–Crippen MR) is 122 cm³/mol. The zero-order valence-electron chi connectivity index (χ0n) is 18.2. The normalized spacial score (nSPS) is 15.1. The third kappa shape index (κ3) is 5.79. The van der Waals surface area contributed by atoms with Crippen molar-refractivity contribution in [3.63, 3.8) is 0 Å². The molecule has 0 atom stereocenters. The molecule has 1 N–H and O–H groups in total. The number of amides is 1. The smallest absolute Gasteiger partial charge is 0.251 e. The molecule has 1 aliphatic heterocycles. The van der Waals surface area contributed by atoms with Crippen molar-refractivity contribution in [2.45, 2.75) is 43.9 Å². The van der Waals surface area contributed by atoms with E-state index >= 15 is 0 Å². The van der Waals surface area contributed by atoms with Crippen molar-refractivity contribution in [2.75, 3.05) is 26.2 Å². The molecule has 1 fully saturated rings. The van der Waals surface area contributed by atoms with E-state index in [9.17, 15) is 13.2 Å². The van der Waals surface area contributed by atoms with Crippen LogP contribution in [0.15, 0.2) is 47.4 Å². The number of nitrogens with one attached hydrogen (secondary N) is 1. The maximum Gasteiger partial charge on any atom is 0.251 e. The van der Waals surface area contributed by atoms with Crippen LogP contribution >= 0.6 is 11.6 Å². The van der Waals surface area contributed by atoms with Crippen LogP contribution in [0.25, 0.3) is 0 Å². The van der Waals surface area contributed by atoms with Crippen molar-refractivity contribution in [1.82, 2.24) is 9.62 Å². The Labute approximate surface area is 189 Å². The summed E-state index contributed by atoms with van der Waals surface area (Å²) in [7, 11) is -3.70. The molecule has 0 aromatic heterocycles. The number of benzene rings is 2. The largest absolute Gasteiger partial charge is 0.492 e. The topological polar surface area (TPSA) is 75.7 Å². The molecule has 8 heteroatoms. The first-order valence-corrected chi connectivity index (χ1v) is 12.2. The molecule has 0 saturated carbocycles. The molecule has 0 bridgehead atoms. The molecule has 3 rings (SSSR count). The Morgan fingerprint density at radius 2 is 1.74 bits per heavy atom. The van der Waals surface area contributed by atoms with Crippen molar-refractivity contribution >= 4 is 27.5 Å². The van der Waals surface area contributed by atoms with Crippen LogP contribution < -0.4 is 10.1 Å². The summed E-state index contributed by atoms with van der Waals surface area (Å²) >= 11 is 6.14. The average molecular weight is 465 g/mol. The number of carbonyl (C=O) groups excluding carboxylic acids is 1. The van der Waals surface area contributed by atoms with Gasteiger partial charge in [-0.05, 0) is 54.2 Å². The molecular formula is C23H29ClN2O4S. The number of hydrogen-bond donors (Lipinski definition) is 1. The number of hydrogen-bond acceptors (Lipinski definition) is 4. The summed E-state index contributed by atoms with van der Waals surface area (Å²) < 4.78 is 32.7. The van der Waals surface area contributed by atoms with E-state index < -0.39 is 10.0 Å². The van der Waals surface area contributed by atoms with E-state index in [1.807, 2.05) is 24.3 Å². The predicted octanol–water partition coefficient (Wildman–Crippen LogP) is 4.23. The third-order valence-electron chi connectivity index (χ3n) is 5.25. The average Bonchev–Trinajstić information content (AvgIpc) is 3.27. The zero-order valence-corrected chi connectivity index (χ0v) is 19.7. The minimum atomic E-state index is -3.70. The monoisotopic (exact) mass is 464 g/mol. The van der Waals surface area contributed by atoms with Gasteiger partial charge in [0, 0.05) is 18.7 Å². The number of halogens is 1. The lowest BCUT2D eigenvalue weighted by molar-refractivity contribution is 0.0946. The fraction of sp³-hybridized carbons (Fsp3) is 0.435. The molecule has 1 heterocycles. The molecule has 1 aliphatic rings. The summed E-state index contributed by atoms with van der Waals surface area (Å²) in [6.07, 6.45) is 1.66. The lowest BCUT2D eigenvalue weighted by Gasteiger charge is -2.19. The molecule has 1 saturated heterocycles. The van der Waals surface area contributed by atoms with Crippen molar-refractivity contribution < 1.29 is 17.9 Å². The van der Waals surface area contributed by atoms with Gasteiger partial charge in [0.25, 0.3) is 5.91 Å². The first-order valence-electron chi connectivity index (χ1n) is 10.4. The number of carbonyl (C=O) groups is 1. The molecule has 0 unspecified atom stereocenters. The summed E-state index contributed by atoms with van der Waals surface area (Å²) in [4.78, 5) is 12.5. The molecule has 2 aromatic carbocycles. The maximum absolute atomic E-state index is 12.8. The van der Waals surface area contributed by atoms with E-state index in [0.29, 0.717) is 19.7 Å². The second-order valence-corrected chi connectivity index (χ2v) is 10.9. The van der Waals surface area contributed by atoms with Gasteiger partial charge in [0.1, 0.15) is 17.3 Å². The molecule has 2 aromatic rings. The zero-order chi connectivity index (χ0) is 22.6. The van der Waals surface area contributed by atoms with E-state index in [2.05, 4.69) is 26.1 Å². The maximum atomic E-state index is 12.8. The molecule has 31 heavy (non-hydrogen) atoms. The highest BCUT2D eigenvalue weighted by atomic mass is 35.5. The summed E-state index contributed by atoms with van der Waals surface area (Å²) in [6.45, 7) is 7.99. The molecule has 0 spiro atoms. The van der Waals surface area contributed by atoms with Gasteiger partial charge in [-0.3, -0.25) is 4.79 Å². The fourth-order valence-electron chi connectivity index (χ4n) is 3.40. The molecule has 6 nitrogen and oxygen atoms in total. The molecule has 0 aliphatic carbocycles. The van der Waals surface area contributed by atoms with Crippen molar-refractivity contribution in [1.29, 1.82) is 0 Å². The fourth-order valence-corrected chi connectivity index (χ4v) is 5.41. The highest BCUT2D eigenvalue weighted by molar-refractivity contribution is 7.89. The van der Waals surface area contributed by atoms with Crippen LogP contribution in [0, 0.1) is 0 Å². The minimum absolute atomic E-state index is 0.0288. The Hall–Kier alpha value is -2.09. The number of rotatable bonds is 7. The highest BCUT2D eigenvalue weighted by Crippen LogP contribution is 2.28. The van der Waals surface area contributed by atoms with Crippen LogP contribution in [0.4, 0.5) is 0 Å². The minimum Gasteiger partial charge on any atom is -0.492 e. The second kappa shape index (κ2) is 9.59. The molecule has 1 amide bonds. The van der Waals surface area contributed by atoms with Crippen molar-refractivity contribution in [3.05, 3.63) is 58.6 Å². The van der Waals surface area contributed by atoms with Crippen LogP contribution in [0.2, 0.25) is 5.02 Å². The van der Waals surface area contributed by atoms with Gasteiger partial charge in [-0.2, -0.15) is 4.31 Å². The third-order valence-corrected chi connectivity index (χ3v) is 7.63. The van der Waals surface area contributed by atoms with Gasteiger partial charge in [0.05, 0.1) is 11.6 Å². The standard InChI is InChI=1S/C23H29ClN2O4S/c1-23(2,3)18-7-9-19(10-8-18)30-15-12-25-22(27)17-6-11-20(24)21(16-17)31(28,29)26-13-4-5-14-26/h6-11,16H,4-5,12-15H2,1-3H3,(H,25,27). The number of sulfonamides is 1. The van der Waals surface area contributed by atoms with Crippen LogP contribution in [-0.2, 0) is 15.4 Å². The summed E-state index contributed by atoms with van der Waals surface area (Å²) in [5.74, 6) is 0.356. The Kier molecular flexibility index (Phi) is 7.29. The quantitative estimate of drug-likeness (QED) is 0.622. The van der Waals surface area contributed by atoms with Gasteiger partial charge in [-0.1, -0.05) is 44.5 Å². The molecule has 0 radical (unpaired) electrons. The number of ether oxygens (including phenoxy) is 1. The summed E-state index contributed by atoms with van der Waals surface area (Å²) in [5, 5.41) is 2.87. The van der Waals surface area contributed by atoms with Gasteiger partial charge in [-0.15, -0.1) is 0 Å². The second-order valence-electron chi connectivity index (χ2n) is 8.64. The summed E-state index contributed by atoms with van der Waals surface area (Å²) in [6, 6.07) is 12.2. The van der Waals surface area contributed by atoms with Crippen LogP contribution in [0.1, 0.15) is 49.5 Å². The van der Waals surface area contributed by atoms with Gasteiger partial charge in [-0.25, -0.2) is 8.42 Å². The molecular weight excluding hydrogens is 436 g/mol. The van der Waals surface area contributed by atoms with Gasteiger partial charge in [0.15, 0.2) is 0 Å². The lowest BCUT2D eigenvalue weighted by atomic mass is 9.87. The molecule has 168 valence electrons. The van der Waals surface area contributed by atoms with E-state index in [4.69, 9.17) is 16.3 Å². The van der Waals surface area contributed by atoms with E-state index in [0.717, 1.165) is 18.6 Å². The van der Waals surface area contributed by atoms with E-state index in [1.165, 1.54) is 28.1 Å². The Morgan fingerprint density at radius 1 is 1.10 bits per heavy atom. The first-order chi connectivity index (χ1) is 14.6. The van der Waals surface area contributed by atoms with E-state index in [-0.39, 0.29) is 33.3 Å². The Balaban J connectivity index is 1.57. The first kappa shape index (κ1) is 23.6.